The number of nitrogens with two attached hydrogens (primary N) is 1. The van der Waals surface area contributed by atoms with Gasteiger partial charge in [-0.25, -0.2) is 9.97 Å². The van der Waals surface area contributed by atoms with E-state index < -0.39 is 5.54 Å². The molecular weight excluding hydrogens is 306 g/mol. The number of hydrogen-bond donors (Lipinski definition) is 1. The van der Waals surface area contributed by atoms with Crippen molar-refractivity contribution in [3.63, 3.8) is 0 Å². The second-order valence-electron chi connectivity index (χ2n) is 5.45. The maximum absolute atomic E-state index is 6.22. The Kier molecular flexibility index (Phi) is 5.30. The normalized spacial score (nSPS) is 11.9. The minimum absolute atomic E-state index is 0.438. The van der Waals surface area contributed by atoms with Gasteiger partial charge >= 0.3 is 0 Å². The minimum atomic E-state index is -0.507. The molecule has 0 aliphatic carbocycles. The van der Waals surface area contributed by atoms with Crippen LogP contribution in [0.15, 0.2) is 18.5 Å². The summed E-state index contributed by atoms with van der Waals surface area (Å²) in [5.41, 5.74) is 6.64. The van der Waals surface area contributed by atoms with Crippen LogP contribution in [0.3, 0.4) is 0 Å². The van der Waals surface area contributed by atoms with Gasteiger partial charge in [0.25, 0.3) is 0 Å². The first kappa shape index (κ1) is 16.3. The molecule has 6 heteroatoms. The minimum Gasteiger partial charge on any atom is -0.477 e. The smallest absolute Gasteiger partial charge is 0.222 e. The lowest BCUT2D eigenvalue weighted by molar-refractivity contribution is 0.310. The maximum Gasteiger partial charge on any atom is 0.222 e. The number of aromatic nitrogens is 2. The van der Waals surface area contributed by atoms with Crippen molar-refractivity contribution in [1.29, 1.82) is 0 Å². The quantitative estimate of drug-likeness (QED) is 0.649. The predicted molar refractivity (Wildman–Crippen MR) is 90.3 cm³/mol. The summed E-state index contributed by atoms with van der Waals surface area (Å²) in [7, 11) is 0. The Hall–Kier alpha value is -1.04. The van der Waals surface area contributed by atoms with E-state index in [1.165, 1.54) is 0 Å². The highest BCUT2D eigenvalue weighted by Crippen LogP contribution is 2.32. The van der Waals surface area contributed by atoms with Crippen molar-refractivity contribution in [3.05, 3.63) is 29.2 Å². The van der Waals surface area contributed by atoms with Crippen LogP contribution >= 0.6 is 23.4 Å². The van der Waals surface area contributed by atoms with Gasteiger partial charge in [-0.05, 0) is 49.3 Å². The molecule has 114 valence electrons. The van der Waals surface area contributed by atoms with Crippen LogP contribution in [-0.2, 0) is 5.54 Å². The number of rotatable bonds is 6. The van der Waals surface area contributed by atoms with Crippen molar-refractivity contribution in [2.45, 2.75) is 25.8 Å². The molecule has 0 fully saturated rings. The predicted octanol–water partition coefficient (Wildman–Crippen LogP) is 3.61. The summed E-state index contributed by atoms with van der Waals surface area (Å²) in [4.78, 5) is 8.54. The van der Waals surface area contributed by atoms with Crippen molar-refractivity contribution in [2.24, 2.45) is 5.73 Å². The summed E-state index contributed by atoms with van der Waals surface area (Å²) in [6.45, 7) is 4.52. The van der Waals surface area contributed by atoms with Gasteiger partial charge < -0.3 is 10.5 Å². The van der Waals surface area contributed by atoms with Crippen LogP contribution < -0.4 is 10.5 Å². The van der Waals surface area contributed by atoms with Crippen molar-refractivity contribution in [2.75, 3.05) is 18.6 Å². The fourth-order valence-electron chi connectivity index (χ4n) is 2.09. The van der Waals surface area contributed by atoms with E-state index in [1.54, 1.807) is 24.2 Å². The van der Waals surface area contributed by atoms with Crippen molar-refractivity contribution in [3.8, 4) is 5.88 Å². The number of pyridine rings is 2. The largest absolute Gasteiger partial charge is 0.477 e. The van der Waals surface area contributed by atoms with Crippen LogP contribution in [-0.4, -0.2) is 28.6 Å². The molecule has 0 aromatic carbocycles. The zero-order valence-electron chi connectivity index (χ0n) is 12.5. The molecule has 2 N–H and O–H groups in total. The summed E-state index contributed by atoms with van der Waals surface area (Å²) in [5, 5.41) is 2.23. The Labute approximate surface area is 134 Å². The first-order valence-electron chi connectivity index (χ1n) is 6.79. The first-order valence-corrected chi connectivity index (χ1v) is 8.56. The van der Waals surface area contributed by atoms with Gasteiger partial charge in [0.05, 0.1) is 12.0 Å². The van der Waals surface area contributed by atoms with Crippen molar-refractivity contribution >= 4 is 34.1 Å². The molecule has 2 rings (SSSR count). The third kappa shape index (κ3) is 3.99. The molecular formula is C15H20ClN3OS. The van der Waals surface area contributed by atoms with Gasteiger partial charge in [-0.15, -0.1) is 0 Å². The molecule has 0 amide bonds. The first-order chi connectivity index (χ1) is 9.93. The average molecular weight is 326 g/mol. The molecule has 2 aromatic rings. The van der Waals surface area contributed by atoms with Gasteiger partial charge in [0, 0.05) is 17.9 Å². The highest BCUT2D eigenvalue weighted by molar-refractivity contribution is 7.98. The van der Waals surface area contributed by atoms with E-state index in [2.05, 4.69) is 16.2 Å². The average Bonchev–Trinajstić information content (AvgIpc) is 2.41. The molecule has 0 spiro atoms. The monoisotopic (exact) mass is 325 g/mol. The molecule has 0 aliphatic rings. The summed E-state index contributed by atoms with van der Waals surface area (Å²) in [5.74, 6) is 1.65. The van der Waals surface area contributed by atoms with Crippen LogP contribution in [0.2, 0.25) is 5.15 Å². The number of hydrogen-bond acceptors (Lipinski definition) is 5. The Morgan fingerprint density at radius 1 is 1.29 bits per heavy atom. The zero-order chi connectivity index (χ0) is 15.5. The second kappa shape index (κ2) is 6.81. The Balaban J connectivity index is 2.41. The number of nitrogens with zero attached hydrogens (tertiary/aromatic N) is 2. The van der Waals surface area contributed by atoms with Gasteiger partial charge in [-0.1, -0.05) is 11.6 Å². The summed E-state index contributed by atoms with van der Waals surface area (Å²) in [6.07, 6.45) is 6.53. The van der Waals surface area contributed by atoms with E-state index in [4.69, 9.17) is 22.1 Å². The molecule has 0 saturated heterocycles. The van der Waals surface area contributed by atoms with Crippen LogP contribution in [0.1, 0.15) is 25.8 Å². The lowest BCUT2D eigenvalue weighted by Gasteiger charge is -2.21. The Bertz CT molecular complexity index is 628. The van der Waals surface area contributed by atoms with Crippen LogP contribution in [0, 0.1) is 0 Å². The number of thioether (sulfide) groups is 1. The third-order valence-corrected chi connectivity index (χ3v) is 4.03. The fourth-order valence-corrected chi connectivity index (χ4v) is 2.65. The molecule has 4 nitrogen and oxygen atoms in total. The molecule has 0 atom stereocenters. The van der Waals surface area contributed by atoms with Gasteiger partial charge in [0.1, 0.15) is 5.15 Å². The van der Waals surface area contributed by atoms with Gasteiger partial charge in [-0.3, -0.25) is 0 Å². The highest BCUT2D eigenvalue weighted by Gasteiger charge is 2.20. The molecule has 0 bridgehead atoms. The Morgan fingerprint density at radius 3 is 2.71 bits per heavy atom. The van der Waals surface area contributed by atoms with Crippen LogP contribution in [0.5, 0.6) is 5.88 Å². The SMILES string of the molecule is CSCCCOc1ncc(C(C)(C)N)c2cc(Cl)ncc12. The fraction of sp³-hybridized carbons (Fsp3) is 0.467. The van der Waals surface area contributed by atoms with Gasteiger partial charge in [0.15, 0.2) is 0 Å². The highest BCUT2D eigenvalue weighted by atomic mass is 35.5. The lowest BCUT2D eigenvalue weighted by Crippen LogP contribution is -2.29. The molecule has 21 heavy (non-hydrogen) atoms. The van der Waals surface area contributed by atoms with Crippen molar-refractivity contribution < 1.29 is 4.74 Å². The zero-order valence-corrected chi connectivity index (χ0v) is 14.1. The van der Waals surface area contributed by atoms with Crippen LogP contribution in [0.25, 0.3) is 10.8 Å². The Morgan fingerprint density at radius 2 is 2.05 bits per heavy atom. The van der Waals surface area contributed by atoms with E-state index in [-0.39, 0.29) is 0 Å². The van der Waals surface area contributed by atoms with Crippen LogP contribution in [0.4, 0.5) is 0 Å². The number of fused-ring (bicyclic) bond motifs is 1. The standard InChI is InChI=1S/C15H20ClN3OS/c1-15(2,17)12-9-19-14(20-5-4-6-21-3)11-8-18-13(16)7-10(11)12/h7-9H,4-6,17H2,1-3H3. The number of ether oxygens (including phenoxy) is 1. The molecule has 2 aromatic heterocycles. The van der Waals surface area contributed by atoms with E-state index in [1.807, 2.05) is 19.9 Å². The maximum atomic E-state index is 6.22. The topological polar surface area (TPSA) is 61.0 Å². The number of halogens is 1. The molecule has 0 aliphatic heterocycles. The molecule has 0 saturated carbocycles. The summed E-state index contributed by atoms with van der Waals surface area (Å²) >= 11 is 7.82. The molecule has 0 unspecified atom stereocenters. The van der Waals surface area contributed by atoms with E-state index in [9.17, 15) is 0 Å². The second-order valence-corrected chi connectivity index (χ2v) is 6.82. The van der Waals surface area contributed by atoms with Crippen molar-refractivity contribution in [1.82, 2.24) is 9.97 Å². The molecule has 0 radical (unpaired) electrons. The summed E-state index contributed by atoms with van der Waals surface area (Å²) in [6, 6.07) is 1.82. The third-order valence-electron chi connectivity index (χ3n) is 3.13. The van der Waals surface area contributed by atoms with E-state index in [0.717, 1.165) is 28.5 Å². The van der Waals surface area contributed by atoms with Gasteiger partial charge in [-0.2, -0.15) is 11.8 Å². The van der Waals surface area contributed by atoms with E-state index in [0.29, 0.717) is 17.6 Å². The lowest BCUT2D eigenvalue weighted by atomic mass is 9.93. The summed E-state index contributed by atoms with van der Waals surface area (Å²) < 4.78 is 5.78. The van der Waals surface area contributed by atoms with E-state index >= 15 is 0 Å². The van der Waals surface area contributed by atoms with Gasteiger partial charge in [0.2, 0.25) is 5.88 Å². The molecule has 2 heterocycles.